The molecule has 16 heavy (non-hydrogen) atoms. The molecule has 0 aliphatic carbocycles. The first-order chi connectivity index (χ1) is 7.54. The number of halogens is 1. The highest BCUT2D eigenvalue weighted by Gasteiger charge is 2.30. The lowest BCUT2D eigenvalue weighted by atomic mass is 10.3. The third-order valence-electron chi connectivity index (χ3n) is 2.30. The summed E-state index contributed by atoms with van der Waals surface area (Å²) in [6, 6.07) is 0. The molecular weight excluding hydrogens is 298 g/mol. The van der Waals surface area contributed by atoms with Gasteiger partial charge in [0.1, 0.15) is 5.69 Å². The van der Waals surface area contributed by atoms with Crippen LogP contribution in [0.2, 0.25) is 0 Å². The van der Waals surface area contributed by atoms with Crippen molar-refractivity contribution >= 4 is 33.4 Å². The van der Waals surface area contributed by atoms with Crippen LogP contribution in [0.25, 0.3) is 0 Å². The van der Waals surface area contributed by atoms with Gasteiger partial charge in [-0.15, -0.1) is 0 Å². The molecule has 0 aromatic carbocycles. The minimum absolute atomic E-state index is 0.184. The largest absolute Gasteiger partial charge is 0.355 e. The zero-order valence-electron chi connectivity index (χ0n) is 8.34. The van der Waals surface area contributed by atoms with Gasteiger partial charge in [0.15, 0.2) is 5.16 Å². The van der Waals surface area contributed by atoms with Crippen LogP contribution >= 0.6 is 27.7 Å². The topological polar surface area (TPSA) is 78.0 Å². The fourth-order valence-corrected chi connectivity index (χ4v) is 3.22. The Hall–Kier alpha value is -0.890. The summed E-state index contributed by atoms with van der Waals surface area (Å²) in [4.78, 5) is 26.0. The van der Waals surface area contributed by atoms with E-state index in [2.05, 4.69) is 20.9 Å². The second kappa shape index (κ2) is 4.17. The van der Waals surface area contributed by atoms with Crippen molar-refractivity contribution in [3.63, 3.8) is 0 Å². The van der Waals surface area contributed by atoms with E-state index in [0.29, 0.717) is 11.7 Å². The van der Waals surface area contributed by atoms with Gasteiger partial charge < -0.3 is 0 Å². The maximum atomic E-state index is 11.8. The Morgan fingerprint density at radius 3 is 3.00 bits per heavy atom. The fraction of sp³-hybridized carbons (Fsp3) is 0.500. The van der Waals surface area contributed by atoms with Crippen LogP contribution in [0, 0.1) is 17.0 Å². The first-order valence-electron chi connectivity index (χ1n) is 4.53. The van der Waals surface area contributed by atoms with Crippen molar-refractivity contribution in [1.82, 2.24) is 9.55 Å². The van der Waals surface area contributed by atoms with Gasteiger partial charge in [0, 0.05) is 17.1 Å². The number of fused-ring (bicyclic) bond motifs is 1. The van der Waals surface area contributed by atoms with Gasteiger partial charge in [0.05, 0.1) is 4.92 Å². The van der Waals surface area contributed by atoms with Gasteiger partial charge in [0.2, 0.25) is 0 Å². The summed E-state index contributed by atoms with van der Waals surface area (Å²) in [6.45, 7) is 1.96. The van der Waals surface area contributed by atoms with E-state index in [9.17, 15) is 14.9 Å². The fourth-order valence-electron chi connectivity index (χ4n) is 1.56. The van der Waals surface area contributed by atoms with E-state index in [1.165, 1.54) is 23.3 Å². The molecule has 1 aromatic heterocycles. The lowest BCUT2D eigenvalue weighted by Gasteiger charge is -2.02. The number of aryl methyl sites for hydroxylation is 1. The first kappa shape index (κ1) is 11.6. The van der Waals surface area contributed by atoms with Crippen molar-refractivity contribution in [3.8, 4) is 0 Å². The summed E-state index contributed by atoms with van der Waals surface area (Å²) in [5.74, 6) is 0. The van der Waals surface area contributed by atoms with Crippen LogP contribution < -0.4 is 5.56 Å². The summed E-state index contributed by atoms with van der Waals surface area (Å²) < 4.78 is 1.38. The highest BCUT2D eigenvalue weighted by Crippen LogP contribution is 2.31. The molecule has 0 amide bonds. The third kappa shape index (κ3) is 1.75. The van der Waals surface area contributed by atoms with E-state index < -0.39 is 16.2 Å². The number of nitro groups is 1. The molecule has 86 valence electrons. The molecule has 2 heterocycles. The van der Waals surface area contributed by atoms with Crippen molar-refractivity contribution in [2.24, 2.45) is 0 Å². The molecule has 1 aliphatic heterocycles. The summed E-state index contributed by atoms with van der Waals surface area (Å²) >= 11 is 4.80. The number of hydrogen-bond acceptors (Lipinski definition) is 5. The van der Waals surface area contributed by atoms with E-state index in [-0.39, 0.29) is 10.9 Å². The Bertz CT molecular complexity index is 516. The van der Waals surface area contributed by atoms with Crippen molar-refractivity contribution in [1.29, 1.82) is 0 Å². The highest BCUT2D eigenvalue weighted by molar-refractivity contribution is 9.09. The molecule has 6 nitrogen and oxygen atoms in total. The number of rotatable bonds is 2. The van der Waals surface area contributed by atoms with Gasteiger partial charge in [-0.1, -0.05) is 27.7 Å². The minimum Gasteiger partial charge on any atom is -0.281 e. The van der Waals surface area contributed by atoms with Crippen molar-refractivity contribution in [3.05, 3.63) is 26.2 Å². The van der Waals surface area contributed by atoms with Crippen molar-refractivity contribution < 1.29 is 4.92 Å². The zero-order chi connectivity index (χ0) is 11.9. The predicted molar refractivity (Wildman–Crippen MR) is 63.3 cm³/mol. The van der Waals surface area contributed by atoms with Crippen LogP contribution in [-0.2, 0) is 6.54 Å². The number of aromatic nitrogens is 2. The van der Waals surface area contributed by atoms with E-state index in [1.807, 2.05) is 0 Å². The molecule has 2 rings (SSSR count). The molecule has 1 unspecified atom stereocenters. The quantitative estimate of drug-likeness (QED) is 0.356. The minimum atomic E-state index is -0.663. The lowest BCUT2D eigenvalue weighted by Crippen LogP contribution is -2.25. The second-order valence-corrected chi connectivity index (χ2v) is 5.31. The number of nitrogens with zero attached hydrogens (tertiary/aromatic N) is 3. The van der Waals surface area contributed by atoms with Crippen molar-refractivity contribution in [2.45, 2.75) is 23.9 Å². The molecule has 0 saturated carbocycles. The standard InChI is InChI=1S/C8H8BrN3O3S/c1-4-6(12(14)15)7(13)11-3-5(2-9)16-8(11)10-4/h5H,2-3H2,1H3. The van der Waals surface area contributed by atoms with Crippen LogP contribution in [-0.4, -0.2) is 25.1 Å². The average Bonchev–Trinajstić information content (AvgIpc) is 2.60. The Labute approximate surface area is 103 Å². The number of thioether (sulfide) groups is 1. The van der Waals surface area contributed by atoms with Crippen LogP contribution in [0.5, 0.6) is 0 Å². The number of hydrogen-bond donors (Lipinski definition) is 0. The van der Waals surface area contributed by atoms with Crippen molar-refractivity contribution in [2.75, 3.05) is 5.33 Å². The van der Waals surface area contributed by atoms with E-state index in [4.69, 9.17) is 0 Å². The average molecular weight is 306 g/mol. The summed E-state index contributed by atoms with van der Waals surface area (Å²) in [5.41, 5.74) is -0.785. The monoisotopic (exact) mass is 305 g/mol. The normalized spacial score (nSPS) is 18.5. The molecule has 0 fully saturated rings. The molecule has 0 radical (unpaired) electrons. The molecular formula is C8H8BrN3O3S. The number of alkyl halides is 1. The van der Waals surface area contributed by atoms with Gasteiger partial charge >= 0.3 is 11.2 Å². The van der Waals surface area contributed by atoms with Crippen LogP contribution in [0.15, 0.2) is 9.95 Å². The van der Waals surface area contributed by atoms with E-state index in [1.54, 1.807) is 0 Å². The Balaban J connectivity index is 2.59. The van der Waals surface area contributed by atoms with Crippen LogP contribution in [0.4, 0.5) is 5.69 Å². The highest BCUT2D eigenvalue weighted by atomic mass is 79.9. The SMILES string of the molecule is Cc1nc2n(c(=O)c1[N+](=O)[O-])CC(CBr)S2. The van der Waals surface area contributed by atoms with E-state index >= 15 is 0 Å². The first-order valence-corrected chi connectivity index (χ1v) is 6.53. The molecule has 1 aromatic rings. The van der Waals surface area contributed by atoms with Crippen LogP contribution in [0.1, 0.15) is 5.69 Å². The molecule has 0 N–H and O–H groups in total. The molecule has 0 saturated heterocycles. The molecule has 8 heteroatoms. The molecule has 0 spiro atoms. The second-order valence-electron chi connectivity index (χ2n) is 3.40. The van der Waals surface area contributed by atoms with Gasteiger partial charge in [-0.2, -0.15) is 0 Å². The summed E-state index contributed by atoms with van der Waals surface area (Å²) in [6.07, 6.45) is 0. The molecule has 1 aliphatic rings. The molecule has 1 atom stereocenters. The maximum absolute atomic E-state index is 11.8. The van der Waals surface area contributed by atoms with Crippen LogP contribution in [0.3, 0.4) is 0 Å². The predicted octanol–water partition coefficient (Wildman–Crippen LogP) is 1.33. The summed E-state index contributed by atoms with van der Waals surface area (Å²) in [7, 11) is 0. The smallest absolute Gasteiger partial charge is 0.281 e. The molecule has 0 bridgehead atoms. The zero-order valence-corrected chi connectivity index (χ0v) is 10.7. The van der Waals surface area contributed by atoms with E-state index in [0.717, 1.165) is 5.33 Å². The summed E-state index contributed by atoms with van der Waals surface area (Å²) in [5, 5.41) is 12.2. The Kier molecular flexibility index (Phi) is 3.02. The lowest BCUT2D eigenvalue weighted by molar-refractivity contribution is -0.387. The third-order valence-corrected chi connectivity index (χ3v) is 4.68. The maximum Gasteiger partial charge on any atom is 0.355 e. The van der Waals surface area contributed by atoms with Gasteiger partial charge in [0.25, 0.3) is 0 Å². The Morgan fingerprint density at radius 2 is 2.44 bits per heavy atom. The van der Waals surface area contributed by atoms with Gasteiger partial charge in [-0.25, -0.2) is 4.98 Å². The van der Waals surface area contributed by atoms with Gasteiger partial charge in [-0.3, -0.25) is 19.5 Å². The van der Waals surface area contributed by atoms with Gasteiger partial charge in [-0.05, 0) is 6.92 Å². The Morgan fingerprint density at radius 1 is 1.75 bits per heavy atom.